The molecule has 0 aliphatic heterocycles. The maximum atomic E-state index is 11.7. The number of aryl methyl sites for hydroxylation is 1. The van der Waals surface area contributed by atoms with Crippen LogP contribution in [0.3, 0.4) is 0 Å². The third-order valence-corrected chi connectivity index (χ3v) is 2.79. The molecule has 6 heteroatoms. The second-order valence-corrected chi connectivity index (χ2v) is 4.46. The van der Waals surface area contributed by atoms with Crippen molar-refractivity contribution >= 4 is 28.2 Å². The Kier molecular flexibility index (Phi) is 3.34. The van der Waals surface area contributed by atoms with Crippen LogP contribution in [0.4, 0.5) is 10.9 Å². The molecule has 0 saturated heterocycles. The number of carbonyl (C=O) groups is 1. The Balaban J connectivity index is 1.98. The fraction of sp³-hybridized carbons (Fsp3) is 0.182. The number of anilines is 2. The molecule has 1 amide bonds. The predicted molar refractivity (Wildman–Crippen MR) is 67.8 cm³/mol. The highest BCUT2D eigenvalue weighted by Crippen LogP contribution is 2.12. The van der Waals surface area contributed by atoms with E-state index in [9.17, 15) is 4.79 Å². The number of pyridine rings is 1. The second-order valence-electron chi connectivity index (χ2n) is 3.57. The highest BCUT2D eigenvalue weighted by atomic mass is 32.1. The van der Waals surface area contributed by atoms with Crippen LogP contribution in [0.5, 0.6) is 0 Å². The first kappa shape index (κ1) is 11.5. The summed E-state index contributed by atoms with van der Waals surface area (Å²) < 4.78 is 0. The van der Waals surface area contributed by atoms with Crippen molar-refractivity contribution in [3.63, 3.8) is 0 Å². The average molecular weight is 248 g/mol. The van der Waals surface area contributed by atoms with Gasteiger partial charge in [-0.05, 0) is 19.1 Å². The molecular weight excluding hydrogens is 236 g/mol. The topological polar surface area (TPSA) is 80.9 Å². The quantitative estimate of drug-likeness (QED) is 0.864. The van der Waals surface area contributed by atoms with Gasteiger partial charge in [-0.25, -0.2) is 9.97 Å². The molecule has 0 spiro atoms. The first-order valence-electron chi connectivity index (χ1n) is 5.07. The fourth-order valence-corrected chi connectivity index (χ4v) is 1.93. The maximum absolute atomic E-state index is 11.7. The number of nitrogens with one attached hydrogen (secondary N) is 1. The largest absolute Gasteiger partial charge is 0.375 e. The molecule has 0 atom stereocenters. The number of rotatable bonds is 3. The van der Waals surface area contributed by atoms with Crippen LogP contribution in [0.25, 0.3) is 0 Å². The van der Waals surface area contributed by atoms with Crippen molar-refractivity contribution in [1.82, 2.24) is 9.97 Å². The summed E-state index contributed by atoms with van der Waals surface area (Å²) in [6.07, 6.45) is 0.212. The van der Waals surface area contributed by atoms with Gasteiger partial charge in [0.2, 0.25) is 5.91 Å². The van der Waals surface area contributed by atoms with Crippen LogP contribution in [0, 0.1) is 6.92 Å². The van der Waals surface area contributed by atoms with Crippen LogP contribution >= 0.6 is 11.3 Å². The van der Waals surface area contributed by atoms with Gasteiger partial charge in [0.05, 0.1) is 12.1 Å². The normalized spacial score (nSPS) is 10.2. The molecule has 0 aromatic carbocycles. The number of amides is 1. The lowest BCUT2D eigenvalue weighted by Gasteiger charge is -2.03. The number of nitrogen functional groups attached to an aromatic ring is 1. The molecule has 0 fully saturated rings. The molecule has 2 heterocycles. The van der Waals surface area contributed by atoms with Gasteiger partial charge in [-0.2, -0.15) is 0 Å². The van der Waals surface area contributed by atoms with Crippen molar-refractivity contribution in [2.24, 2.45) is 0 Å². The number of hydrogen-bond donors (Lipinski definition) is 2. The van der Waals surface area contributed by atoms with Crippen molar-refractivity contribution < 1.29 is 4.79 Å². The van der Waals surface area contributed by atoms with Gasteiger partial charge in [0.25, 0.3) is 0 Å². The van der Waals surface area contributed by atoms with E-state index >= 15 is 0 Å². The van der Waals surface area contributed by atoms with E-state index in [-0.39, 0.29) is 12.3 Å². The molecule has 3 N–H and O–H groups in total. The first-order valence-corrected chi connectivity index (χ1v) is 5.95. The van der Waals surface area contributed by atoms with Gasteiger partial charge >= 0.3 is 0 Å². The van der Waals surface area contributed by atoms with E-state index in [0.29, 0.717) is 16.6 Å². The van der Waals surface area contributed by atoms with Gasteiger partial charge in [0, 0.05) is 11.1 Å². The first-order chi connectivity index (χ1) is 8.13. The number of nitrogens with zero attached hydrogens (tertiary/aromatic N) is 2. The van der Waals surface area contributed by atoms with Crippen molar-refractivity contribution in [1.29, 1.82) is 0 Å². The average Bonchev–Trinajstić information content (AvgIpc) is 2.63. The standard InChI is InChI=1S/C11H12N4OS/c1-7-3-2-4-9(13-7)15-10(16)5-8-6-17-11(12)14-8/h2-4,6H,5H2,1H3,(H2,12,14)(H,13,15,16). The molecule has 2 aromatic heterocycles. The van der Waals surface area contributed by atoms with Gasteiger partial charge in [-0.3, -0.25) is 4.79 Å². The van der Waals surface area contributed by atoms with Crippen LogP contribution in [-0.4, -0.2) is 15.9 Å². The molecular formula is C11H12N4OS. The summed E-state index contributed by atoms with van der Waals surface area (Å²) in [4.78, 5) is 19.9. The predicted octanol–water partition coefficient (Wildman–Crippen LogP) is 1.61. The minimum atomic E-state index is -0.145. The van der Waals surface area contributed by atoms with Crippen LogP contribution in [0.1, 0.15) is 11.4 Å². The summed E-state index contributed by atoms with van der Waals surface area (Å²) in [6.45, 7) is 1.87. The van der Waals surface area contributed by atoms with Crippen molar-refractivity contribution in [2.45, 2.75) is 13.3 Å². The Labute approximate surface area is 103 Å². The smallest absolute Gasteiger partial charge is 0.231 e. The van der Waals surface area contributed by atoms with E-state index in [1.165, 1.54) is 11.3 Å². The van der Waals surface area contributed by atoms with E-state index in [0.717, 1.165) is 5.69 Å². The summed E-state index contributed by atoms with van der Waals surface area (Å²) in [5.41, 5.74) is 7.03. The third kappa shape index (κ3) is 3.25. The highest BCUT2D eigenvalue weighted by Gasteiger charge is 2.07. The lowest BCUT2D eigenvalue weighted by atomic mass is 10.3. The van der Waals surface area contributed by atoms with Crippen LogP contribution < -0.4 is 11.1 Å². The molecule has 0 aliphatic carbocycles. The van der Waals surface area contributed by atoms with E-state index < -0.39 is 0 Å². The molecule has 2 aromatic rings. The summed E-state index contributed by atoms with van der Waals surface area (Å²) in [5, 5.41) is 4.96. The minimum absolute atomic E-state index is 0.145. The monoisotopic (exact) mass is 248 g/mol. The van der Waals surface area contributed by atoms with Gasteiger partial charge in [-0.15, -0.1) is 11.3 Å². The SMILES string of the molecule is Cc1cccc(NC(=O)Cc2csc(N)n2)n1. The molecule has 88 valence electrons. The van der Waals surface area contributed by atoms with E-state index in [4.69, 9.17) is 5.73 Å². The highest BCUT2D eigenvalue weighted by molar-refractivity contribution is 7.13. The summed E-state index contributed by atoms with van der Waals surface area (Å²) in [6, 6.07) is 5.47. The zero-order chi connectivity index (χ0) is 12.3. The Morgan fingerprint density at radius 2 is 2.29 bits per heavy atom. The Bertz CT molecular complexity index is 538. The lowest BCUT2D eigenvalue weighted by Crippen LogP contribution is -2.15. The molecule has 17 heavy (non-hydrogen) atoms. The van der Waals surface area contributed by atoms with Gasteiger partial charge < -0.3 is 11.1 Å². The third-order valence-electron chi connectivity index (χ3n) is 2.07. The molecule has 0 bridgehead atoms. The Morgan fingerprint density at radius 3 is 2.94 bits per heavy atom. The van der Waals surface area contributed by atoms with Gasteiger partial charge in [-0.1, -0.05) is 6.07 Å². The van der Waals surface area contributed by atoms with Crippen molar-refractivity contribution in [3.8, 4) is 0 Å². The fourth-order valence-electron chi connectivity index (χ4n) is 1.37. The Morgan fingerprint density at radius 1 is 1.47 bits per heavy atom. The number of hydrogen-bond acceptors (Lipinski definition) is 5. The molecule has 0 aliphatic rings. The molecule has 0 unspecified atom stereocenters. The number of aromatic nitrogens is 2. The van der Waals surface area contributed by atoms with Crippen molar-refractivity contribution in [3.05, 3.63) is 35.0 Å². The molecule has 2 rings (SSSR count). The van der Waals surface area contributed by atoms with Crippen molar-refractivity contribution in [2.75, 3.05) is 11.1 Å². The summed E-state index contributed by atoms with van der Waals surface area (Å²) in [7, 11) is 0. The van der Waals surface area contributed by atoms with E-state index in [1.54, 1.807) is 11.4 Å². The summed E-state index contributed by atoms with van der Waals surface area (Å²) >= 11 is 1.33. The molecule has 0 radical (unpaired) electrons. The molecule has 5 nitrogen and oxygen atoms in total. The van der Waals surface area contributed by atoms with Gasteiger partial charge in [0.15, 0.2) is 5.13 Å². The lowest BCUT2D eigenvalue weighted by molar-refractivity contribution is -0.115. The summed E-state index contributed by atoms with van der Waals surface area (Å²) in [5.74, 6) is 0.409. The second kappa shape index (κ2) is 4.92. The zero-order valence-corrected chi connectivity index (χ0v) is 10.1. The van der Waals surface area contributed by atoms with Gasteiger partial charge in [0.1, 0.15) is 5.82 Å². The number of carbonyl (C=O) groups excluding carboxylic acids is 1. The van der Waals surface area contributed by atoms with E-state index in [1.807, 2.05) is 19.1 Å². The maximum Gasteiger partial charge on any atom is 0.231 e. The number of thiazole rings is 1. The number of nitrogens with two attached hydrogens (primary N) is 1. The zero-order valence-electron chi connectivity index (χ0n) is 9.30. The molecule has 0 saturated carbocycles. The van der Waals surface area contributed by atoms with Crippen LogP contribution in [0.15, 0.2) is 23.6 Å². The Hall–Kier alpha value is -1.95. The minimum Gasteiger partial charge on any atom is -0.375 e. The van der Waals surface area contributed by atoms with Crippen LogP contribution in [0.2, 0.25) is 0 Å². The van der Waals surface area contributed by atoms with Crippen LogP contribution in [-0.2, 0) is 11.2 Å². The van der Waals surface area contributed by atoms with E-state index in [2.05, 4.69) is 15.3 Å².